The number of aliphatic hydroxyl groups excluding tert-OH is 1. The van der Waals surface area contributed by atoms with Gasteiger partial charge in [-0.1, -0.05) is 102 Å². The Labute approximate surface area is 600 Å². The fraction of sp³-hybridized carbons (Fsp3) is 0.558. The van der Waals surface area contributed by atoms with Gasteiger partial charge in [-0.15, -0.1) is 0 Å². The van der Waals surface area contributed by atoms with Gasteiger partial charge in [0, 0.05) is 55.8 Å². The number of methoxy groups -OCH3 is 2. The lowest BCUT2D eigenvalue weighted by Crippen LogP contribution is -2.53. The van der Waals surface area contributed by atoms with Crippen molar-refractivity contribution in [2.75, 3.05) is 97.0 Å². The van der Waals surface area contributed by atoms with E-state index >= 15 is 0 Å². The average Bonchev–Trinajstić information content (AvgIpc) is 1.61. The Balaban J connectivity index is 0.732. The molecule has 5 N–H and O–H groups in total. The van der Waals surface area contributed by atoms with Gasteiger partial charge < -0.3 is 78.8 Å². The normalized spacial score (nSPS) is 18.4. The molecule has 5 aliphatic rings. The van der Waals surface area contributed by atoms with Crippen LogP contribution in [0.25, 0.3) is 0 Å². The number of fused-ring (bicyclic) bond motifs is 4. The number of amides is 7. The molecule has 556 valence electrons. The Morgan fingerprint density at radius 2 is 1.20 bits per heavy atom. The van der Waals surface area contributed by atoms with Crippen LogP contribution in [0.2, 0.25) is 0 Å². The molecule has 25 nitrogen and oxygen atoms in total. The van der Waals surface area contributed by atoms with Crippen LogP contribution in [0.1, 0.15) is 170 Å². The van der Waals surface area contributed by atoms with Crippen molar-refractivity contribution in [2.45, 2.75) is 181 Å². The number of hydrogen-bond acceptors (Lipinski definition) is 18. The lowest BCUT2D eigenvalue weighted by molar-refractivity contribution is -0.132. The molecule has 4 aliphatic heterocycles. The summed E-state index contributed by atoms with van der Waals surface area (Å²) in [5, 5.41) is 23.4. The lowest BCUT2D eigenvalue weighted by atomic mass is 9.92. The van der Waals surface area contributed by atoms with Gasteiger partial charge in [0.05, 0.1) is 115 Å². The maximum Gasteiger partial charge on any atom is 0.416 e. The predicted molar refractivity (Wildman–Crippen MR) is 387 cm³/mol. The molecule has 4 heterocycles. The lowest BCUT2D eigenvalue weighted by Gasteiger charge is -2.31. The third-order valence-corrected chi connectivity index (χ3v) is 18.4. The van der Waals surface area contributed by atoms with E-state index in [2.05, 4.69) is 26.3 Å². The molecule has 0 radical (unpaired) electrons. The minimum absolute atomic E-state index is 0.00216. The van der Waals surface area contributed by atoms with E-state index in [1.807, 2.05) is 44.4 Å². The highest BCUT2D eigenvalue weighted by Gasteiger charge is 2.46. The molecular formula is C77H106N8O17. The minimum atomic E-state index is -1.55. The van der Waals surface area contributed by atoms with Gasteiger partial charge in [0.15, 0.2) is 29.2 Å². The summed E-state index contributed by atoms with van der Waals surface area (Å²) >= 11 is 0. The van der Waals surface area contributed by atoms with Crippen molar-refractivity contribution in [3.63, 3.8) is 0 Å². The van der Waals surface area contributed by atoms with E-state index in [-0.39, 0.29) is 85.8 Å². The Morgan fingerprint density at radius 1 is 0.627 bits per heavy atom. The molecule has 1 fully saturated rings. The fourth-order valence-corrected chi connectivity index (χ4v) is 12.9. The number of aliphatic hydroxyl groups is 1. The van der Waals surface area contributed by atoms with Crippen LogP contribution in [0.3, 0.4) is 0 Å². The second-order valence-corrected chi connectivity index (χ2v) is 26.5. The maximum absolute atomic E-state index is 14.4. The van der Waals surface area contributed by atoms with Crippen molar-refractivity contribution in [1.82, 2.24) is 25.8 Å². The van der Waals surface area contributed by atoms with E-state index in [0.717, 1.165) is 28.9 Å². The molecule has 0 unspecified atom stereocenters. The molecule has 3 aromatic carbocycles. The van der Waals surface area contributed by atoms with Gasteiger partial charge in [-0.25, -0.2) is 9.69 Å². The second-order valence-electron chi connectivity index (χ2n) is 26.5. The molecule has 3 aromatic rings. The van der Waals surface area contributed by atoms with Gasteiger partial charge in [0.2, 0.25) is 23.6 Å². The molecule has 8 rings (SSSR count). The third-order valence-electron chi connectivity index (χ3n) is 18.4. The monoisotopic (exact) mass is 1410 g/mol. The van der Waals surface area contributed by atoms with Crippen molar-refractivity contribution in [2.24, 2.45) is 16.8 Å². The number of ether oxygens (including phenoxy) is 9. The Kier molecular flexibility index (Phi) is 32.2. The SMILES string of the molecule is C/C=C/C1=CN2C(=O)c3cc(OC)c(OCCCCCOc4cc5c(cc4OC)C(=O)N4C=C(/C=C/C)C[C@H]4[C@H](O)N5C(=O)OCc4ccc(NC(=O)[C@H](C)NC(=O)[C@@H](NC(=O)CCOCCOCCOCCOCCNC(=O)CC5CCCCCCCCCC5)C(C)C)cc4)cc3N=C[C@@H]2C1. The molecule has 0 aromatic heterocycles. The average molecular weight is 1420 g/mol. The maximum atomic E-state index is 14.4. The molecule has 1 aliphatic carbocycles. The zero-order valence-electron chi connectivity index (χ0n) is 60.5. The number of rotatable bonds is 37. The summed E-state index contributed by atoms with van der Waals surface area (Å²) in [5.74, 6) is -0.463. The van der Waals surface area contributed by atoms with Crippen LogP contribution in [0, 0.1) is 11.8 Å². The molecule has 0 spiro atoms. The van der Waals surface area contributed by atoms with E-state index in [9.17, 15) is 38.7 Å². The zero-order valence-corrected chi connectivity index (χ0v) is 60.5. The first kappa shape index (κ1) is 79.1. The molecule has 25 heteroatoms. The van der Waals surface area contributed by atoms with Crippen molar-refractivity contribution >= 4 is 64.8 Å². The zero-order chi connectivity index (χ0) is 72.8. The van der Waals surface area contributed by atoms with Gasteiger partial charge >= 0.3 is 6.09 Å². The number of benzene rings is 3. The summed E-state index contributed by atoms with van der Waals surface area (Å²) in [6, 6.07) is 9.93. The number of carbonyl (C=O) groups is 7. The van der Waals surface area contributed by atoms with Crippen LogP contribution in [0.4, 0.5) is 21.9 Å². The number of nitrogens with one attached hydrogen (secondary N) is 4. The predicted octanol–water partition coefficient (Wildman–Crippen LogP) is 10.9. The van der Waals surface area contributed by atoms with Crippen LogP contribution >= 0.6 is 0 Å². The Hall–Kier alpha value is -8.62. The quantitative estimate of drug-likeness (QED) is 0.0335. The van der Waals surface area contributed by atoms with Crippen molar-refractivity contribution < 1.29 is 81.3 Å². The highest BCUT2D eigenvalue weighted by molar-refractivity contribution is 6.07. The summed E-state index contributed by atoms with van der Waals surface area (Å²) in [4.78, 5) is 104. The Morgan fingerprint density at radius 3 is 1.81 bits per heavy atom. The number of aliphatic imine (C=N–C) groups is 1. The minimum Gasteiger partial charge on any atom is -0.493 e. The molecule has 7 amide bonds. The number of hydrogen-bond donors (Lipinski definition) is 5. The van der Waals surface area contributed by atoms with Crippen LogP contribution in [-0.2, 0) is 49.5 Å². The van der Waals surface area contributed by atoms with Crippen LogP contribution in [0.15, 0.2) is 101 Å². The smallest absolute Gasteiger partial charge is 0.416 e. The first-order chi connectivity index (χ1) is 49.5. The van der Waals surface area contributed by atoms with Gasteiger partial charge in [-0.05, 0) is 119 Å². The highest BCUT2D eigenvalue weighted by atomic mass is 16.6. The first-order valence-corrected chi connectivity index (χ1v) is 36.3. The highest BCUT2D eigenvalue weighted by Crippen LogP contribution is 2.43. The van der Waals surface area contributed by atoms with Crippen molar-refractivity contribution in [3.8, 4) is 23.0 Å². The summed E-state index contributed by atoms with van der Waals surface area (Å²) in [6.07, 6.45) is 26.4. The fourth-order valence-electron chi connectivity index (χ4n) is 12.9. The van der Waals surface area contributed by atoms with Crippen LogP contribution in [0.5, 0.6) is 23.0 Å². The van der Waals surface area contributed by atoms with E-state index in [4.69, 9.17) is 42.6 Å². The van der Waals surface area contributed by atoms with Crippen molar-refractivity contribution in [3.05, 3.63) is 113 Å². The largest absolute Gasteiger partial charge is 0.493 e. The van der Waals surface area contributed by atoms with Gasteiger partial charge in [0.25, 0.3) is 11.8 Å². The van der Waals surface area contributed by atoms with E-state index < -0.39 is 54.1 Å². The Bertz CT molecular complexity index is 3430. The number of carbonyl (C=O) groups excluding carboxylic acids is 7. The summed E-state index contributed by atoms with van der Waals surface area (Å²) < 4.78 is 52.1. The topological polar surface area (TPSA) is 293 Å². The molecule has 102 heavy (non-hydrogen) atoms. The number of unbranched alkanes of at least 4 members (excludes halogenated alkanes) is 2. The van der Waals surface area contributed by atoms with Gasteiger partial charge in [0.1, 0.15) is 18.7 Å². The second kappa shape index (κ2) is 41.5. The third kappa shape index (κ3) is 23.5. The summed E-state index contributed by atoms with van der Waals surface area (Å²) in [7, 11) is 2.97. The molecular weight excluding hydrogens is 1310 g/mol. The van der Waals surface area contributed by atoms with E-state index in [0.29, 0.717) is 125 Å². The number of nitrogens with zero attached hydrogens (tertiary/aromatic N) is 4. The van der Waals surface area contributed by atoms with E-state index in [1.54, 1.807) is 67.6 Å². The molecule has 1 saturated carbocycles. The van der Waals surface area contributed by atoms with Crippen molar-refractivity contribution in [1.29, 1.82) is 0 Å². The number of allylic oxidation sites excluding steroid dienone is 4. The number of anilines is 2. The van der Waals surface area contributed by atoms with Gasteiger partial charge in [-0.3, -0.25) is 33.8 Å². The molecule has 0 bridgehead atoms. The van der Waals surface area contributed by atoms with Gasteiger partial charge in [-0.2, -0.15) is 0 Å². The molecule has 5 atom stereocenters. The van der Waals surface area contributed by atoms with Crippen LogP contribution < -0.4 is 45.1 Å². The standard InChI is InChI=1S/C77H106N8O17/c1-8-21-56-41-59-48-79-62-46-67(65(94-6)44-60(62)74(90)83(59)49-56)100-31-19-16-20-32-101-68-47-63-61(45-66(68)95-7)75(91)84-50-57(22-9-2)42-64(84)76(92)85(63)77(93)102-51-55-25-27-58(28-26-55)81-72(88)53(5)80-73(89)71(52(3)4)82-69(86)29-33-96-35-37-98-39-40-99-38-36-97-34-30-78-70(87)43-54-23-17-14-12-10-11-13-15-18-24-54/h8-9,21-22,25-28,44-50,52-54,59,64,71,76,92H,10-20,23-24,29-43,51H2,1-7H3,(H,78,87)(H,80,89)(H,81,88)(H,82,86)/b21-8+,22-9+/t53-,59-,64-,71-,76-/m0/s1. The summed E-state index contributed by atoms with van der Waals surface area (Å²) in [6.45, 7) is 12.3. The molecule has 0 saturated heterocycles. The first-order valence-electron chi connectivity index (χ1n) is 36.3. The summed E-state index contributed by atoms with van der Waals surface area (Å²) in [5.41, 5.74) is 3.80. The van der Waals surface area contributed by atoms with Crippen LogP contribution in [-0.4, -0.2) is 180 Å². The van der Waals surface area contributed by atoms with E-state index in [1.165, 1.54) is 89.5 Å².